The molecule has 0 aliphatic heterocycles. The van der Waals surface area contributed by atoms with Gasteiger partial charge in [-0.2, -0.15) is 0 Å². The number of hydrogen-bond acceptors (Lipinski definition) is 1. The van der Waals surface area contributed by atoms with E-state index < -0.39 is 0 Å². The molecule has 0 N–H and O–H groups in total. The summed E-state index contributed by atoms with van der Waals surface area (Å²) in [7, 11) is 0. The largest absolute Gasteiger partial charge is 0.295 e. The van der Waals surface area contributed by atoms with Crippen LogP contribution < -0.4 is 0 Å². The number of hydrogen-bond donors (Lipinski definition) is 0. The Kier molecular flexibility index (Phi) is 3.29. The van der Waals surface area contributed by atoms with Crippen molar-refractivity contribution in [1.29, 1.82) is 0 Å². The van der Waals surface area contributed by atoms with Crippen LogP contribution >= 0.6 is 0 Å². The highest BCUT2D eigenvalue weighted by atomic mass is 16.1. The minimum atomic E-state index is 0.331. The van der Waals surface area contributed by atoms with Gasteiger partial charge in [0.25, 0.3) is 0 Å². The minimum Gasteiger partial charge on any atom is -0.295 e. The molecule has 94 valence electrons. The molecule has 0 aromatic carbocycles. The molecule has 0 fully saturated rings. The van der Waals surface area contributed by atoms with E-state index in [0.29, 0.717) is 17.1 Å². The Morgan fingerprint density at radius 3 is 2.53 bits per heavy atom. The molecule has 2 rings (SSSR count). The first kappa shape index (κ1) is 12.6. The molecule has 0 bridgehead atoms. The molecule has 0 heterocycles. The van der Waals surface area contributed by atoms with Crippen molar-refractivity contribution in [2.24, 2.45) is 17.3 Å². The van der Waals surface area contributed by atoms with Crippen molar-refractivity contribution in [2.75, 3.05) is 0 Å². The number of carbonyl (C=O) groups excluding carboxylic acids is 1. The van der Waals surface area contributed by atoms with Gasteiger partial charge in [0, 0.05) is 6.42 Å². The van der Waals surface area contributed by atoms with Gasteiger partial charge in [0.2, 0.25) is 0 Å². The summed E-state index contributed by atoms with van der Waals surface area (Å²) in [5.74, 6) is 1.64. The van der Waals surface area contributed by atoms with E-state index in [0.717, 1.165) is 18.8 Å². The topological polar surface area (TPSA) is 17.1 Å². The predicted molar refractivity (Wildman–Crippen MR) is 71.8 cm³/mol. The zero-order valence-electron chi connectivity index (χ0n) is 11.5. The van der Waals surface area contributed by atoms with E-state index >= 15 is 0 Å². The average Bonchev–Trinajstić information content (AvgIpc) is 2.43. The third kappa shape index (κ3) is 2.53. The molecular formula is C16H24O. The third-order valence-corrected chi connectivity index (χ3v) is 4.87. The van der Waals surface area contributed by atoms with Gasteiger partial charge in [0.15, 0.2) is 5.78 Å². The smallest absolute Gasteiger partial charge is 0.155 e. The summed E-state index contributed by atoms with van der Waals surface area (Å²) in [6.45, 7) is 9.04. The molecule has 0 radical (unpaired) electrons. The first-order chi connectivity index (χ1) is 7.89. The second-order valence-electron chi connectivity index (χ2n) is 6.51. The summed E-state index contributed by atoms with van der Waals surface area (Å²) in [5.41, 5.74) is 3.13. The van der Waals surface area contributed by atoms with E-state index in [1.54, 1.807) is 0 Å². The first-order valence-electron chi connectivity index (χ1n) is 6.77. The lowest BCUT2D eigenvalue weighted by Gasteiger charge is -2.33. The maximum atomic E-state index is 11.6. The fourth-order valence-corrected chi connectivity index (χ4v) is 3.36. The highest BCUT2D eigenvalue weighted by Gasteiger charge is 2.36. The first-order valence-corrected chi connectivity index (χ1v) is 6.77. The standard InChI is InChI=1S/C16H24O/c1-11-7-13(10-15(17)8-11)9-14-6-5-12(2)16(14,3)4/h5,8,13-14H,6-7,9-10H2,1-4H3. The number of carbonyl (C=O) groups is 1. The van der Waals surface area contributed by atoms with Gasteiger partial charge in [0.1, 0.15) is 0 Å². The average molecular weight is 232 g/mol. The van der Waals surface area contributed by atoms with Gasteiger partial charge in [0.05, 0.1) is 0 Å². The van der Waals surface area contributed by atoms with Crippen LogP contribution in [-0.2, 0) is 4.79 Å². The van der Waals surface area contributed by atoms with Gasteiger partial charge < -0.3 is 0 Å². The van der Waals surface area contributed by atoms with Crippen LogP contribution in [0.25, 0.3) is 0 Å². The van der Waals surface area contributed by atoms with Crippen molar-refractivity contribution in [2.45, 2.75) is 53.4 Å². The van der Waals surface area contributed by atoms with Crippen LogP contribution in [0.2, 0.25) is 0 Å². The maximum absolute atomic E-state index is 11.6. The van der Waals surface area contributed by atoms with Crippen LogP contribution in [0.5, 0.6) is 0 Å². The second-order valence-corrected chi connectivity index (χ2v) is 6.51. The lowest BCUT2D eigenvalue weighted by molar-refractivity contribution is -0.116. The van der Waals surface area contributed by atoms with E-state index in [9.17, 15) is 4.79 Å². The Hall–Kier alpha value is -0.850. The summed E-state index contributed by atoms with van der Waals surface area (Å²) in [5, 5.41) is 0. The SMILES string of the molecule is CC1=CC(=O)CC(CC2CC=C(C)C2(C)C)C1. The second kappa shape index (κ2) is 4.44. The molecule has 2 aliphatic carbocycles. The molecule has 0 amide bonds. The Morgan fingerprint density at radius 2 is 2.00 bits per heavy atom. The summed E-state index contributed by atoms with van der Waals surface area (Å²) in [6, 6.07) is 0. The molecule has 0 spiro atoms. The van der Waals surface area contributed by atoms with Crippen molar-refractivity contribution in [3.63, 3.8) is 0 Å². The quantitative estimate of drug-likeness (QED) is 0.649. The predicted octanol–water partition coefficient (Wildman–Crippen LogP) is 4.29. The summed E-state index contributed by atoms with van der Waals surface area (Å²) in [6.07, 6.45) is 8.52. The third-order valence-electron chi connectivity index (χ3n) is 4.87. The van der Waals surface area contributed by atoms with Gasteiger partial charge >= 0.3 is 0 Å². The zero-order chi connectivity index (χ0) is 12.6. The molecule has 0 aromatic heterocycles. The molecule has 2 unspecified atom stereocenters. The molecule has 0 aromatic rings. The van der Waals surface area contributed by atoms with Crippen LogP contribution in [0.4, 0.5) is 0 Å². The molecule has 0 saturated carbocycles. The summed E-state index contributed by atoms with van der Waals surface area (Å²) < 4.78 is 0. The highest BCUT2D eigenvalue weighted by Crippen LogP contribution is 2.47. The van der Waals surface area contributed by atoms with Crippen LogP contribution in [0.15, 0.2) is 23.3 Å². The van der Waals surface area contributed by atoms with Crippen LogP contribution in [-0.4, -0.2) is 5.78 Å². The van der Waals surface area contributed by atoms with Gasteiger partial charge in [-0.3, -0.25) is 4.79 Å². The van der Waals surface area contributed by atoms with Crippen LogP contribution in [0.3, 0.4) is 0 Å². The zero-order valence-corrected chi connectivity index (χ0v) is 11.5. The lowest BCUT2D eigenvalue weighted by atomic mass is 9.71. The molecule has 17 heavy (non-hydrogen) atoms. The minimum absolute atomic E-state index is 0.331. The van der Waals surface area contributed by atoms with Gasteiger partial charge in [-0.1, -0.05) is 31.1 Å². The molecule has 0 saturated heterocycles. The maximum Gasteiger partial charge on any atom is 0.155 e. The van der Waals surface area contributed by atoms with Crippen molar-refractivity contribution >= 4 is 5.78 Å². The Labute approximate surface area is 105 Å². The Bertz CT molecular complexity index is 384. The Balaban J connectivity index is 2.00. The molecular weight excluding hydrogens is 208 g/mol. The molecule has 2 atom stereocenters. The summed E-state index contributed by atoms with van der Waals surface area (Å²) >= 11 is 0. The lowest BCUT2D eigenvalue weighted by Crippen LogP contribution is -2.25. The van der Waals surface area contributed by atoms with Gasteiger partial charge in [-0.25, -0.2) is 0 Å². The van der Waals surface area contributed by atoms with Crippen molar-refractivity contribution in [1.82, 2.24) is 0 Å². The van der Waals surface area contributed by atoms with Crippen LogP contribution in [0.1, 0.15) is 53.4 Å². The molecule has 2 aliphatic rings. The summed E-state index contributed by atoms with van der Waals surface area (Å²) in [4.78, 5) is 11.6. The van der Waals surface area contributed by atoms with Crippen molar-refractivity contribution < 1.29 is 4.79 Å². The monoisotopic (exact) mass is 232 g/mol. The Morgan fingerprint density at radius 1 is 1.29 bits per heavy atom. The van der Waals surface area contributed by atoms with Crippen molar-refractivity contribution in [3.05, 3.63) is 23.3 Å². The van der Waals surface area contributed by atoms with E-state index in [4.69, 9.17) is 0 Å². The van der Waals surface area contributed by atoms with Gasteiger partial charge in [-0.05, 0) is 56.4 Å². The van der Waals surface area contributed by atoms with Crippen molar-refractivity contribution in [3.8, 4) is 0 Å². The van der Waals surface area contributed by atoms with E-state index in [1.807, 2.05) is 6.08 Å². The van der Waals surface area contributed by atoms with E-state index in [2.05, 4.69) is 33.8 Å². The van der Waals surface area contributed by atoms with E-state index in [-0.39, 0.29) is 0 Å². The fourth-order valence-electron chi connectivity index (χ4n) is 3.36. The van der Waals surface area contributed by atoms with Gasteiger partial charge in [-0.15, -0.1) is 0 Å². The normalized spacial score (nSPS) is 32.4. The number of rotatable bonds is 2. The number of ketones is 1. The number of allylic oxidation sites excluding steroid dienone is 4. The highest BCUT2D eigenvalue weighted by molar-refractivity contribution is 5.91. The van der Waals surface area contributed by atoms with Crippen LogP contribution in [0, 0.1) is 17.3 Å². The van der Waals surface area contributed by atoms with E-state index in [1.165, 1.54) is 24.0 Å². The molecule has 1 nitrogen and oxygen atoms in total. The fraction of sp³-hybridized carbons (Fsp3) is 0.688. The molecule has 1 heteroatoms.